The second kappa shape index (κ2) is 6.30. The Morgan fingerprint density at radius 2 is 1.67 bits per heavy atom. The first-order chi connectivity index (χ1) is 8.79. The van der Waals surface area contributed by atoms with Crippen molar-refractivity contribution in [2.24, 2.45) is 0 Å². The van der Waals surface area contributed by atoms with E-state index in [1.807, 2.05) is 60.9 Å². The summed E-state index contributed by atoms with van der Waals surface area (Å²) in [5.74, 6) is 5.84. The van der Waals surface area contributed by atoms with Crippen LogP contribution in [0.3, 0.4) is 0 Å². The molecule has 0 saturated carbocycles. The standard InChI is InChI=1S/C16H14OS/c1-18-15-10-7-13(8-11-15)9-12-16(17)14-5-3-2-4-6-14/h2-8,10-11,16-17H,1H3. The number of thioether (sulfide) groups is 1. The summed E-state index contributed by atoms with van der Waals surface area (Å²) in [6, 6.07) is 17.5. The van der Waals surface area contributed by atoms with Gasteiger partial charge in [-0.25, -0.2) is 0 Å². The van der Waals surface area contributed by atoms with Gasteiger partial charge in [-0.1, -0.05) is 42.2 Å². The molecular formula is C16H14OS. The summed E-state index contributed by atoms with van der Waals surface area (Å²) in [6.45, 7) is 0. The smallest absolute Gasteiger partial charge is 0.140 e. The molecule has 0 aromatic heterocycles. The van der Waals surface area contributed by atoms with Crippen LogP contribution in [-0.4, -0.2) is 11.4 Å². The van der Waals surface area contributed by atoms with Crippen molar-refractivity contribution >= 4 is 11.8 Å². The Hall–Kier alpha value is -1.69. The van der Waals surface area contributed by atoms with Gasteiger partial charge in [0.25, 0.3) is 0 Å². The highest BCUT2D eigenvalue weighted by Gasteiger charge is 2.00. The Morgan fingerprint density at radius 1 is 1.00 bits per heavy atom. The van der Waals surface area contributed by atoms with Crippen LogP contribution in [0.25, 0.3) is 0 Å². The van der Waals surface area contributed by atoms with Crippen LogP contribution in [0.1, 0.15) is 17.2 Å². The van der Waals surface area contributed by atoms with Gasteiger partial charge in [-0.2, -0.15) is 0 Å². The first kappa shape index (κ1) is 12.8. The number of hydrogen-bond donors (Lipinski definition) is 1. The maximum Gasteiger partial charge on any atom is 0.140 e. The molecule has 0 aliphatic rings. The zero-order chi connectivity index (χ0) is 12.8. The fourth-order valence-electron chi connectivity index (χ4n) is 1.54. The van der Waals surface area contributed by atoms with Gasteiger partial charge in [-0.15, -0.1) is 11.8 Å². The molecule has 0 saturated heterocycles. The van der Waals surface area contributed by atoms with Gasteiger partial charge >= 0.3 is 0 Å². The summed E-state index contributed by atoms with van der Waals surface area (Å²) in [5, 5.41) is 9.90. The maximum absolute atomic E-state index is 9.90. The van der Waals surface area contributed by atoms with Crippen molar-refractivity contribution < 1.29 is 5.11 Å². The van der Waals surface area contributed by atoms with E-state index < -0.39 is 6.10 Å². The van der Waals surface area contributed by atoms with Gasteiger partial charge in [0.05, 0.1) is 0 Å². The third-order valence-corrected chi connectivity index (χ3v) is 3.30. The van der Waals surface area contributed by atoms with Gasteiger partial charge in [0.2, 0.25) is 0 Å². The van der Waals surface area contributed by atoms with Crippen molar-refractivity contribution in [3.63, 3.8) is 0 Å². The van der Waals surface area contributed by atoms with Crippen LogP contribution in [0, 0.1) is 11.8 Å². The quantitative estimate of drug-likeness (QED) is 0.654. The maximum atomic E-state index is 9.90. The third-order valence-electron chi connectivity index (χ3n) is 2.56. The Labute approximate surface area is 112 Å². The molecule has 2 rings (SSSR count). The SMILES string of the molecule is CSc1ccc(C#CC(O)c2ccccc2)cc1. The molecular weight excluding hydrogens is 240 g/mol. The molecule has 18 heavy (non-hydrogen) atoms. The summed E-state index contributed by atoms with van der Waals surface area (Å²) in [7, 11) is 0. The second-order valence-electron chi connectivity index (χ2n) is 3.81. The Balaban J connectivity index is 2.11. The predicted molar refractivity (Wildman–Crippen MR) is 76.5 cm³/mol. The van der Waals surface area contributed by atoms with Crippen LogP contribution in [0.5, 0.6) is 0 Å². The average molecular weight is 254 g/mol. The zero-order valence-corrected chi connectivity index (χ0v) is 10.9. The minimum atomic E-state index is -0.730. The van der Waals surface area contributed by atoms with Gasteiger partial charge < -0.3 is 5.11 Å². The van der Waals surface area contributed by atoms with Crippen LogP contribution in [0.4, 0.5) is 0 Å². The molecule has 90 valence electrons. The molecule has 2 aromatic carbocycles. The molecule has 0 spiro atoms. The molecule has 2 aromatic rings. The molecule has 0 fully saturated rings. The first-order valence-electron chi connectivity index (χ1n) is 5.68. The number of rotatable bonds is 2. The van der Waals surface area contributed by atoms with E-state index in [1.54, 1.807) is 11.8 Å². The molecule has 1 N–H and O–H groups in total. The van der Waals surface area contributed by atoms with E-state index in [-0.39, 0.29) is 0 Å². The zero-order valence-electron chi connectivity index (χ0n) is 10.1. The number of aliphatic hydroxyl groups excluding tert-OH is 1. The average Bonchev–Trinajstić information content (AvgIpc) is 2.46. The Bertz CT molecular complexity index is 549. The van der Waals surface area contributed by atoms with Crippen LogP contribution in [-0.2, 0) is 0 Å². The van der Waals surface area contributed by atoms with Gasteiger partial charge in [0.15, 0.2) is 0 Å². The van der Waals surface area contributed by atoms with Crippen LogP contribution in [0.15, 0.2) is 59.5 Å². The number of aliphatic hydroxyl groups is 1. The number of hydrogen-bond acceptors (Lipinski definition) is 2. The molecule has 1 atom stereocenters. The first-order valence-corrected chi connectivity index (χ1v) is 6.90. The summed E-state index contributed by atoms with van der Waals surface area (Å²) in [6.07, 6.45) is 1.31. The van der Waals surface area contributed by atoms with E-state index in [0.29, 0.717) is 0 Å². The highest BCUT2D eigenvalue weighted by Crippen LogP contribution is 2.15. The lowest BCUT2D eigenvalue weighted by Gasteiger charge is -2.02. The lowest BCUT2D eigenvalue weighted by molar-refractivity contribution is 0.238. The highest BCUT2D eigenvalue weighted by molar-refractivity contribution is 7.98. The van der Waals surface area contributed by atoms with Crippen molar-refractivity contribution in [2.45, 2.75) is 11.0 Å². The second-order valence-corrected chi connectivity index (χ2v) is 4.69. The largest absolute Gasteiger partial charge is 0.376 e. The molecule has 0 radical (unpaired) electrons. The molecule has 0 aliphatic carbocycles. The normalized spacial score (nSPS) is 11.4. The van der Waals surface area contributed by atoms with Crippen molar-refractivity contribution in [2.75, 3.05) is 6.26 Å². The monoisotopic (exact) mass is 254 g/mol. The van der Waals surface area contributed by atoms with Crippen molar-refractivity contribution in [1.29, 1.82) is 0 Å². The van der Waals surface area contributed by atoms with Crippen LogP contribution in [0.2, 0.25) is 0 Å². The third kappa shape index (κ3) is 3.40. The van der Waals surface area contributed by atoms with Crippen molar-refractivity contribution in [3.8, 4) is 11.8 Å². The van der Waals surface area contributed by atoms with Crippen molar-refractivity contribution in [3.05, 3.63) is 65.7 Å². The lowest BCUT2D eigenvalue weighted by Crippen LogP contribution is -1.92. The molecule has 0 bridgehead atoms. The lowest BCUT2D eigenvalue weighted by atomic mass is 10.1. The van der Waals surface area contributed by atoms with E-state index in [1.165, 1.54) is 4.90 Å². The van der Waals surface area contributed by atoms with Gasteiger partial charge in [-0.3, -0.25) is 0 Å². The van der Waals surface area contributed by atoms with E-state index >= 15 is 0 Å². The Kier molecular flexibility index (Phi) is 4.46. The minimum absolute atomic E-state index is 0.730. The number of benzene rings is 2. The molecule has 1 unspecified atom stereocenters. The predicted octanol–water partition coefficient (Wildman–Crippen LogP) is 3.49. The van der Waals surface area contributed by atoms with Crippen LogP contribution < -0.4 is 0 Å². The molecule has 0 aliphatic heterocycles. The fourth-order valence-corrected chi connectivity index (χ4v) is 1.95. The van der Waals surface area contributed by atoms with Crippen molar-refractivity contribution in [1.82, 2.24) is 0 Å². The highest BCUT2D eigenvalue weighted by atomic mass is 32.2. The molecule has 2 heteroatoms. The minimum Gasteiger partial charge on any atom is -0.376 e. The summed E-state index contributed by atoms with van der Waals surface area (Å²) < 4.78 is 0. The van der Waals surface area contributed by atoms with E-state index in [2.05, 4.69) is 11.8 Å². The summed E-state index contributed by atoms with van der Waals surface area (Å²) in [4.78, 5) is 1.21. The molecule has 0 amide bonds. The summed E-state index contributed by atoms with van der Waals surface area (Å²) >= 11 is 1.70. The van der Waals surface area contributed by atoms with Gasteiger partial charge in [0, 0.05) is 10.5 Å². The Morgan fingerprint density at radius 3 is 2.28 bits per heavy atom. The molecule has 0 heterocycles. The van der Waals surface area contributed by atoms with E-state index in [0.717, 1.165) is 11.1 Å². The van der Waals surface area contributed by atoms with E-state index in [9.17, 15) is 5.11 Å². The van der Waals surface area contributed by atoms with E-state index in [4.69, 9.17) is 0 Å². The van der Waals surface area contributed by atoms with Crippen LogP contribution >= 0.6 is 11.8 Å². The van der Waals surface area contributed by atoms with Gasteiger partial charge in [0.1, 0.15) is 6.10 Å². The fraction of sp³-hybridized carbons (Fsp3) is 0.125. The topological polar surface area (TPSA) is 20.2 Å². The molecule has 1 nitrogen and oxygen atoms in total. The summed E-state index contributed by atoms with van der Waals surface area (Å²) in [5.41, 5.74) is 1.74. The van der Waals surface area contributed by atoms with Gasteiger partial charge in [-0.05, 0) is 36.1 Å².